The van der Waals surface area contributed by atoms with Gasteiger partial charge in [0, 0.05) is 60.5 Å². The number of halogens is 6. The zero-order valence-corrected chi connectivity index (χ0v) is 26.4. The number of carbonyl (C=O) groups excluding carboxylic acids is 1. The number of rotatable bonds is 12. The number of hydrogen-bond acceptors (Lipinski definition) is 6. The molecule has 1 fully saturated rings. The van der Waals surface area contributed by atoms with E-state index in [2.05, 4.69) is 20.5 Å². The SMILES string of the molecule is CN1CC(CCc2c(F)cccc2NC(=O)[C@@H](N)[C@H](c2cncc(C(F)(F)F)c2)c2ccc(Cl)c(F)c2)NCC1CCCS(=O)O. The van der Waals surface area contributed by atoms with Crippen LogP contribution in [0.4, 0.5) is 27.6 Å². The molecule has 4 rings (SSSR count). The first-order valence-electron chi connectivity index (χ1n) is 14.6. The first-order valence-corrected chi connectivity index (χ1v) is 16.2. The van der Waals surface area contributed by atoms with Crippen molar-refractivity contribution < 1.29 is 35.5 Å². The zero-order valence-electron chi connectivity index (χ0n) is 24.9. The summed E-state index contributed by atoms with van der Waals surface area (Å²) in [5, 5.41) is 5.86. The summed E-state index contributed by atoms with van der Waals surface area (Å²) in [4.78, 5) is 19.4. The van der Waals surface area contributed by atoms with Gasteiger partial charge in [0.15, 0.2) is 11.1 Å². The number of nitrogens with zero attached hydrogens (tertiary/aromatic N) is 2. The van der Waals surface area contributed by atoms with Gasteiger partial charge in [0.1, 0.15) is 11.6 Å². The molecule has 3 unspecified atom stereocenters. The maximum absolute atomic E-state index is 15.1. The Hall–Kier alpha value is -3.01. The monoisotopic (exact) mass is 687 g/mol. The lowest BCUT2D eigenvalue weighted by Gasteiger charge is -2.38. The molecule has 0 spiro atoms. The number of benzene rings is 2. The number of likely N-dealkylation sites (N-methyl/N-ethyl adjacent to an activating group) is 1. The Balaban J connectivity index is 1.51. The average molecular weight is 688 g/mol. The molecule has 5 atom stereocenters. The predicted molar refractivity (Wildman–Crippen MR) is 167 cm³/mol. The van der Waals surface area contributed by atoms with E-state index >= 15 is 4.39 Å². The Morgan fingerprint density at radius 1 is 1.17 bits per heavy atom. The Morgan fingerprint density at radius 2 is 1.93 bits per heavy atom. The van der Waals surface area contributed by atoms with E-state index in [1.807, 2.05) is 7.05 Å². The van der Waals surface area contributed by atoms with Gasteiger partial charge in [-0.15, -0.1) is 0 Å². The fourth-order valence-electron chi connectivity index (χ4n) is 5.69. The summed E-state index contributed by atoms with van der Waals surface area (Å²) in [7, 11) is 1.97. The van der Waals surface area contributed by atoms with E-state index in [1.54, 1.807) is 0 Å². The summed E-state index contributed by atoms with van der Waals surface area (Å²) in [6, 6.07) is 7.24. The van der Waals surface area contributed by atoms with Crippen LogP contribution in [-0.4, -0.2) is 68.6 Å². The van der Waals surface area contributed by atoms with Crippen LogP contribution in [0.15, 0.2) is 54.9 Å². The van der Waals surface area contributed by atoms with Crippen molar-refractivity contribution in [1.29, 1.82) is 0 Å². The molecule has 1 saturated heterocycles. The normalized spacial score (nSPS) is 19.4. The minimum atomic E-state index is -4.73. The lowest BCUT2D eigenvalue weighted by molar-refractivity contribution is -0.137. The van der Waals surface area contributed by atoms with E-state index in [0.29, 0.717) is 32.1 Å². The van der Waals surface area contributed by atoms with Crippen molar-refractivity contribution in [1.82, 2.24) is 15.2 Å². The molecule has 3 aromatic rings. The number of piperazine rings is 1. The summed E-state index contributed by atoms with van der Waals surface area (Å²) < 4.78 is 90.1. The van der Waals surface area contributed by atoms with Crippen molar-refractivity contribution >= 4 is 34.3 Å². The molecule has 0 bridgehead atoms. The average Bonchev–Trinajstić information content (AvgIpc) is 2.99. The topological polar surface area (TPSA) is 121 Å². The Labute approximate surface area is 271 Å². The van der Waals surface area contributed by atoms with Gasteiger partial charge in [-0.3, -0.25) is 9.78 Å². The maximum atomic E-state index is 15.1. The molecular weight excluding hydrogens is 653 g/mol. The first-order chi connectivity index (χ1) is 21.7. The van der Waals surface area contributed by atoms with Gasteiger partial charge < -0.3 is 25.8 Å². The van der Waals surface area contributed by atoms with E-state index in [4.69, 9.17) is 21.9 Å². The highest BCUT2D eigenvalue weighted by atomic mass is 35.5. The number of pyridine rings is 1. The molecule has 0 saturated carbocycles. The van der Waals surface area contributed by atoms with E-state index in [-0.39, 0.29) is 51.7 Å². The van der Waals surface area contributed by atoms with Crippen LogP contribution in [0.2, 0.25) is 5.02 Å². The van der Waals surface area contributed by atoms with Gasteiger partial charge in [-0.2, -0.15) is 13.2 Å². The number of carbonyl (C=O) groups is 1. The molecule has 0 radical (unpaired) electrons. The van der Waals surface area contributed by atoms with Gasteiger partial charge in [-0.1, -0.05) is 23.7 Å². The summed E-state index contributed by atoms with van der Waals surface area (Å²) >= 11 is 3.99. The van der Waals surface area contributed by atoms with Crippen molar-refractivity contribution in [2.45, 2.75) is 55.9 Å². The summed E-state index contributed by atoms with van der Waals surface area (Å²) in [6.45, 7) is 1.32. The second kappa shape index (κ2) is 15.7. The molecule has 15 heteroatoms. The lowest BCUT2D eigenvalue weighted by Crippen LogP contribution is -2.55. The third-order valence-corrected chi connectivity index (χ3v) is 9.10. The number of anilines is 1. The van der Waals surface area contributed by atoms with Gasteiger partial charge in [0.2, 0.25) is 5.91 Å². The fraction of sp³-hybridized carbons (Fsp3) is 0.419. The third kappa shape index (κ3) is 9.29. The second-order valence-corrected chi connectivity index (χ2v) is 12.8. The molecule has 250 valence electrons. The van der Waals surface area contributed by atoms with Crippen molar-refractivity contribution in [3.63, 3.8) is 0 Å². The Bertz CT molecular complexity index is 1550. The van der Waals surface area contributed by atoms with E-state index < -0.39 is 52.3 Å². The Kier molecular flexibility index (Phi) is 12.2. The molecule has 46 heavy (non-hydrogen) atoms. The molecule has 1 aromatic heterocycles. The predicted octanol–water partition coefficient (Wildman–Crippen LogP) is 5.34. The molecule has 2 heterocycles. The molecule has 1 aliphatic rings. The van der Waals surface area contributed by atoms with Crippen LogP contribution in [0.25, 0.3) is 0 Å². The summed E-state index contributed by atoms with van der Waals surface area (Å²) in [5.74, 6) is -3.27. The van der Waals surface area contributed by atoms with Gasteiger partial charge in [0.25, 0.3) is 0 Å². The van der Waals surface area contributed by atoms with Crippen LogP contribution in [-0.2, 0) is 28.5 Å². The van der Waals surface area contributed by atoms with Gasteiger partial charge in [0.05, 0.1) is 16.6 Å². The minimum Gasteiger partial charge on any atom is -0.324 e. The van der Waals surface area contributed by atoms with Crippen molar-refractivity contribution in [2.75, 3.05) is 31.2 Å². The number of aromatic nitrogens is 1. The molecule has 8 nitrogen and oxygen atoms in total. The van der Waals surface area contributed by atoms with E-state index in [0.717, 1.165) is 24.8 Å². The van der Waals surface area contributed by atoms with Crippen LogP contribution in [0.5, 0.6) is 0 Å². The molecular formula is C31H35ClF5N5O3S. The quantitative estimate of drug-likeness (QED) is 0.150. The third-order valence-electron chi connectivity index (χ3n) is 8.16. The zero-order chi connectivity index (χ0) is 33.6. The van der Waals surface area contributed by atoms with Gasteiger partial charge >= 0.3 is 6.18 Å². The fourth-order valence-corrected chi connectivity index (χ4v) is 6.22. The largest absolute Gasteiger partial charge is 0.417 e. The maximum Gasteiger partial charge on any atom is 0.417 e. The summed E-state index contributed by atoms with van der Waals surface area (Å²) in [5.41, 5.74) is 5.70. The number of nitrogens with two attached hydrogens (primary N) is 1. The standard InChI is InChI=1S/C31H35ClF5N5O3S/c1-42-17-21(40-16-22(42)4-3-11-46(44)45)8-9-23-25(33)5-2-6-27(23)41-30(43)29(38)28(18-7-10-24(32)26(34)13-18)19-12-20(15-39-14-19)31(35,36)37/h2,5-7,10,12-15,21-22,28-29,40H,3-4,8-9,11,16-17,38H2,1H3,(H,41,43)(H,44,45)/t21?,22?,28-,29-/m0/s1. The molecule has 2 aromatic carbocycles. The highest BCUT2D eigenvalue weighted by Gasteiger charge is 2.35. The van der Waals surface area contributed by atoms with Crippen molar-refractivity contribution in [3.05, 3.63) is 93.8 Å². The first kappa shape index (κ1) is 35.8. The summed E-state index contributed by atoms with van der Waals surface area (Å²) in [6.07, 6.45) is -0.828. The lowest BCUT2D eigenvalue weighted by atomic mass is 9.85. The van der Waals surface area contributed by atoms with Gasteiger partial charge in [-0.05, 0) is 74.2 Å². The number of alkyl halides is 3. The number of amides is 1. The molecule has 5 N–H and O–H groups in total. The highest BCUT2D eigenvalue weighted by Crippen LogP contribution is 2.35. The van der Waals surface area contributed by atoms with Crippen molar-refractivity contribution in [2.24, 2.45) is 5.73 Å². The van der Waals surface area contributed by atoms with Crippen LogP contribution in [0.1, 0.15) is 47.4 Å². The Morgan fingerprint density at radius 3 is 2.61 bits per heavy atom. The molecule has 0 aliphatic carbocycles. The highest BCUT2D eigenvalue weighted by molar-refractivity contribution is 7.79. The number of hydrogen-bond donors (Lipinski definition) is 4. The van der Waals surface area contributed by atoms with Crippen LogP contribution >= 0.6 is 11.6 Å². The molecule has 1 amide bonds. The van der Waals surface area contributed by atoms with Crippen LogP contribution < -0.4 is 16.4 Å². The smallest absolute Gasteiger partial charge is 0.324 e. The van der Waals surface area contributed by atoms with E-state index in [9.17, 15) is 26.6 Å². The van der Waals surface area contributed by atoms with Crippen molar-refractivity contribution in [3.8, 4) is 0 Å². The van der Waals surface area contributed by atoms with Crippen LogP contribution in [0, 0.1) is 11.6 Å². The van der Waals surface area contributed by atoms with Gasteiger partial charge in [-0.25, -0.2) is 13.0 Å². The van der Waals surface area contributed by atoms with E-state index in [1.165, 1.54) is 30.3 Å². The number of nitrogens with one attached hydrogen (secondary N) is 2. The minimum absolute atomic E-state index is 0.0104. The molecule has 1 aliphatic heterocycles. The van der Waals surface area contributed by atoms with Crippen LogP contribution in [0.3, 0.4) is 0 Å². The second-order valence-electron chi connectivity index (χ2n) is 11.3.